The van der Waals surface area contributed by atoms with Gasteiger partial charge in [-0.15, -0.1) is 11.3 Å². The van der Waals surface area contributed by atoms with Gasteiger partial charge >= 0.3 is 0 Å². The Balaban J connectivity index is 1.15. The Morgan fingerprint density at radius 1 is 0.365 bits per heavy atom. The molecule has 242 valence electrons. The zero-order valence-corrected chi connectivity index (χ0v) is 28.7. The summed E-state index contributed by atoms with van der Waals surface area (Å²) < 4.78 is 4.80. The summed E-state index contributed by atoms with van der Waals surface area (Å²) in [5, 5.41) is 9.54. The molecule has 3 aromatic heterocycles. The van der Waals surface area contributed by atoms with Crippen molar-refractivity contribution in [2.75, 3.05) is 0 Å². The quantitative estimate of drug-likeness (QED) is 0.174. The molecule has 3 heterocycles. The van der Waals surface area contributed by atoms with E-state index in [1.165, 1.54) is 52.8 Å². The summed E-state index contributed by atoms with van der Waals surface area (Å²) in [5.41, 5.74) is 6.38. The molecule has 0 saturated heterocycles. The smallest absolute Gasteiger partial charge is 0.164 e. The van der Waals surface area contributed by atoms with E-state index in [0.717, 1.165) is 33.2 Å². The molecule has 0 aliphatic carbocycles. The van der Waals surface area contributed by atoms with Crippen LogP contribution in [0, 0.1) is 0 Å². The summed E-state index contributed by atoms with van der Waals surface area (Å²) in [4.78, 5) is 15.8. The van der Waals surface area contributed by atoms with Crippen molar-refractivity contribution < 1.29 is 0 Å². The number of nitrogens with zero attached hydrogens (tertiary/aromatic N) is 4. The lowest BCUT2D eigenvalue weighted by Crippen LogP contribution is -2.01. The lowest BCUT2D eigenvalue weighted by molar-refractivity contribution is 1.08. The van der Waals surface area contributed by atoms with Crippen molar-refractivity contribution in [3.05, 3.63) is 170 Å². The standard InChI is InChI=1S/C47H28N4S/c1-2-13-33-29(11-1)23-24-30-12-9-17-37(43(30)33)46-48-45(49-47(50-46)38-18-10-22-42-44(38)36-16-5-8-21-41(36)52-42)31-25-27-32(28-26-31)51-39-19-6-3-14-34(39)35-15-4-7-20-40(35)51/h1-28H. The van der Waals surface area contributed by atoms with Crippen molar-refractivity contribution in [3.8, 4) is 39.9 Å². The summed E-state index contributed by atoms with van der Waals surface area (Å²) in [7, 11) is 0. The predicted octanol–water partition coefficient (Wildman–Crippen LogP) is 12.6. The van der Waals surface area contributed by atoms with E-state index in [-0.39, 0.29) is 0 Å². The minimum atomic E-state index is 0.641. The first-order chi connectivity index (χ1) is 25.8. The molecule has 0 amide bonds. The van der Waals surface area contributed by atoms with Crippen LogP contribution in [0.5, 0.6) is 0 Å². The molecule has 8 aromatic carbocycles. The van der Waals surface area contributed by atoms with Gasteiger partial charge in [-0.1, -0.05) is 121 Å². The van der Waals surface area contributed by atoms with Crippen LogP contribution >= 0.6 is 11.3 Å². The normalized spacial score (nSPS) is 11.8. The summed E-state index contributed by atoms with van der Waals surface area (Å²) in [5.74, 6) is 1.96. The number of hydrogen-bond acceptors (Lipinski definition) is 4. The van der Waals surface area contributed by atoms with Gasteiger partial charge in [-0.25, -0.2) is 15.0 Å². The Morgan fingerprint density at radius 3 is 1.65 bits per heavy atom. The van der Waals surface area contributed by atoms with E-state index in [1.807, 2.05) is 0 Å². The molecule has 0 aliphatic rings. The first-order valence-electron chi connectivity index (χ1n) is 17.5. The van der Waals surface area contributed by atoms with Crippen molar-refractivity contribution in [3.63, 3.8) is 0 Å². The maximum atomic E-state index is 5.30. The second kappa shape index (κ2) is 11.4. The highest BCUT2D eigenvalue weighted by atomic mass is 32.1. The zero-order valence-electron chi connectivity index (χ0n) is 27.9. The Labute approximate surface area is 302 Å². The van der Waals surface area contributed by atoms with E-state index in [1.54, 1.807) is 11.3 Å². The number of benzene rings is 8. The number of para-hydroxylation sites is 2. The van der Waals surface area contributed by atoms with E-state index < -0.39 is 0 Å². The minimum absolute atomic E-state index is 0.641. The van der Waals surface area contributed by atoms with Crippen LogP contribution in [0.25, 0.3) is 103 Å². The topological polar surface area (TPSA) is 43.6 Å². The van der Waals surface area contributed by atoms with Crippen LogP contribution < -0.4 is 0 Å². The molecule has 0 unspecified atom stereocenters. The third-order valence-electron chi connectivity index (χ3n) is 10.3. The van der Waals surface area contributed by atoms with Crippen molar-refractivity contribution in [2.45, 2.75) is 0 Å². The van der Waals surface area contributed by atoms with E-state index in [4.69, 9.17) is 15.0 Å². The monoisotopic (exact) mass is 680 g/mol. The molecule has 0 fully saturated rings. The van der Waals surface area contributed by atoms with Gasteiger partial charge in [0.1, 0.15) is 0 Å². The number of fused-ring (bicyclic) bond motifs is 9. The van der Waals surface area contributed by atoms with E-state index in [2.05, 4.69) is 174 Å². The first-order valence-corrected chi connectivity index (χ1v) is 18.3. The molecule has 0 radical (unpaired) electrons. The highest BCUT2D eigenvalue weighted by Gasteiger charge is 2.19. The van der Waals surface area contributed by atoms with Gasteiger partial charge in [-0.2, -0.15) is 0 Å². The van der Waals surface area contributed by atoms with Gasteiger partial charge in [-0.05, 0) is 64.7 Å². The molecular weight excluding hydrogens is 653 g/mol. The molecular formula is C47H28N4S. The lowest BCUT2D eigenvalue weighted by atomic mass is 9.97. The van der Waals surface area contributed by atoms with Crippen LogP contribution in [0.2, 0.25) is 0 Å². The molecule has 0 N–H and O–H groups in total. The SMILES string of the molecule is c1ccc2c(c1)ccc1cccc(-c3nc(-c4ccc(-n5c6ccccc6c6ccccc65)cc4)nc(-c4cccc5sc6ccccc6c45)n3)c12. The molecule has 0 bridgehead atoms. The number of hydrogen-bond donors (Lipinski definition) is 0. The van der Waals surface area contributed by atoms with Crippen LogP contribution in [0.4, 0.5) is 0 Å². The largest absolute Gasteiger partial charge is 0.309 e. The molecule has 11 rings (SSSR count). The van der Waals surface area contributed by atoms with Gasteiger partial charge in [0.25, 0.3) is 0 Å². The van der Waals surface area contributed by atoms with Gasteiger partial charge in [0.2, 0.25) is 0 Å². The summed E-state index contributed by atoms with van der Waals surface area (Å²) >= 11 is 1.80. The first kappa shape index (κ1) is 29.1. The van der Waals surface area contributed by atoms with Crippen LogP contribution in [-0.4, -0.2) is 19.5 Å². The number of thiophene rings is 1. The highest BCUT2D eigenvalue weighted by molar-refractivity contribution is 7.25. The minimum Gasteiger partial charge on any atom is -0.309 e. The molecule has 0 aliphatic heterocycles. The molecule has 5 heteroatoms. The fourth-order valence-corrected chi connectivity index (χ4v) is 9.04. The fraction of sp³-hybridized carbons (Fsp3) is 0. The van der Waals surface area contributed by atoms with Gasteiger partial charge in [0.05, 0.1) is 11.0 Å². The second-order valence-electron chi connectivity index (χ2n) is 13.2. The molecule has 0 saturated carbocycles. The maximum Gasteiger partial charge on any atom is 0.164 e. The van der Waals surface area contributed by atoms with Gasteiger partial charge < -0.3 is 4.57 Å². The third kappa shape index (κ3) is 4.43. The molecule has 11 aromatic rings. The number of aromatic nitrogens is 4. The van der Waals surface area contributed by atoms with Gasteiger partial charge in [0.15, 0.2) is 17.5 Å². The maximum absolute atomic E-state index is 5.30. The zero-order chi connectivity index (χ0) is 34.2. The lowest BCUT2D eigenvalue weighted by Gasteiger charge is -2.13. The molecule has 0 atom stereocenters. The summed E-state index contributed by atoms with van der Waals surface area (Å²) in [6.07, 6.45) is 0. The van der Waals surface area contributed by atoms with Crippen molar-refractivity contribution in [1.82, 2.24) is 19.5 Å². The van der Waals surface area contributed by atoms with Crippen LogP contribution in [-0.2, 0) is 0 Å². The van der Waals surface area contributed by atoms with Crippen LogP contribution in [0.1, 0.15) is 0 Å². The Kier molecular flexibility index (Phi) is 6.39. The molecule has 0 spiro atoms. The van der Waals surface area contributed by atoms with Crippen molar-refractivity contribution in [1.29, 1.82) is 0 Å². The Bertz CT molecular complexity index is 3140. The van der Waals surface area contributed by atoms with E-state index >= 15 is 0 Å². The van der Waals surface area contributed by atoms with Crippen molar-refractivity contribution >= 4 is 74.9 Å². The van der Waals surface area contributed by atoms with E-state index in [9.17, 15) is 0 Å². The average molecular weight is 681 g/mol. The van der Waals surface area contributed by atoms with E-state index in [0.29, 0.717) is 17.5 Å². The molecule has 4 nitrogen and oxygen atoms in total. The van der Waals surface area contributed by atoms with Crippen LogP contribution in [0.15, 0.2) is 170 Å². The average Bonchev–Trinajstić information content (AvgIpc) is 3.76. The number of rotatable bonds is 4. The fourth-order valence-electron chi connectivity index (χ4n) is 7.91. The highest BCUT2D eigenvalue weighted by Crippen LogP contribution is 2.41. The predicted molar refractivity (Wildman–Crippen MR) is 218 cm³/mol. The molecule has 52 heavy (non-hydrogen) atoms. The Morgan fingerprint density at radius 2 is 0.904 bits per heavy atom. The van der Waals surface area contributed by atoms with Crippen LogP contribution in [0.3, 0.4) is 0 Å². The van der Waals surface area contributed by atoms with Gasteiger partial charge in [-0.3, -0.25) is 0 Å². The van der Waals surface area contributed by atoms with Crippen molar-refractivity contribution in [2.24, 2.45) is 0 Å². The third-order valence-corrected chi connectivity index (χ3v) is 11.4. The summed E-state index contributed by atoms with van der Waals surface area (Å²) in [6.45, 7) is 0. The second-order valence-corrected chi connectivity index (χ2v) is 14.3. The van der Waals surface area contributed by atoms with Gasteiger partial charge in [0, 0.05) is 58.7 Å². The Hall–Kier alpha value is -6.69. The summed E-state index contributed by atoms with van der Waals surface area (Å²) in [6, 6.07) is 60.2.